The Kier molecular flexibility index (Phi) is 6.68. The van der Waals surface area contributed by atoms with Crippen LogP contribution in [-0.4, -0.2) is 45.1 Å². The maximum Gasteiger partial charge on any atom is 0.243 e. The summed E-state index contributed by atoms with van der Waals surface area (Å²) >= 11 is 1.65. The number of hydrogen-bond acceptors (Lipinski definition) is 5. The fraction of sp³-hybridized carbons (Fsp3) is 0.304. The van der Waals surface area contributed by atoms with Gasteiger partial charge in [-0.3, -0.25) is 0 Å². The highest BCUT2D eigenvalue weighted by molar-refractivity contribution is 7.98. The fourth-order valence-electron chi connectivity index (χ4n) is 3.69. The zero-order chi connectivity index (χ0) is 22.7. The quantitative estimate of drug-likeness (QED) is 0.336. The Morgan fingerprint density at radius 2 is 1.78 bits per heavy atom. The van der Waals surface area contributed by atoms with Crippen LogP contribution < -0.4 is 0 Å². The van der Waals surface area contributed by atoms with Crippen molar-refractivity contribution >= 4 is 32.8 Å². The Balaban J connectivity index is 1.57. The number of benzene rings is 2. The first-order valence-corrected chi connectivity index (χ1v) is 13.1. The van der Waals surface area contributed by atoms with Crippen LogP contribution in [0.5, 0.6) is 0 Å². The molecule has 0 saturated carbocycles. The van der Waals surface area contributed by atoms with Crippen molar-refractivity contribution in [1.82, 2.24) is 23.6 Å². The summed E-state index contributed by atoms with van der Waals surface area (Å²) in [5, 5.41) is 5.14. The number of hydrogen-bond donors (Lipinski definition) is 0. The van der Waals surface area contributed by atoms with Gasteiger partial charge in [-0.05, 0) is 48.9 Å². The first kappa shape index (κ1) is 22.6. The van der Waals surface area contributed by atoms with Crippen LogP contribution in [-0.2, 0) is 22.3 Å². The fourth-order valence-corrected chi connectivity index (χ4v) is 6.20. The lowest BCUT2D eigenvalue weighted by atomic mass is 10.2. The third-order valence-electron chi connectivity index (χ3n) is 5.42. The maximum absolute atomic E-state index is 12.9. The molecule has 168 valence electrons. The van der Waals surface area contributed by atoms with E-state index in [4.69, 9.17) is 4.98 Å². The molecule has 0 aliphatic carbocycles. The smallest absolute Gasteiger partial charge is 0.243 e. The Hall–Kier alpha value is -2.62. The lowest BCUT2D eigenvalue weighted by Crippen LogP contribution is -2.30. The van der Waals surface area contributed by atoms with Crippen molar-refractivity contribution < 1.29 is 8.42 Å². The van der Waals surface area contributed by atoms with E-state index in [9.17, 15) is 8.42 Å². The molecular weight excluding hydrogens is 442 g/mol. The van der Waals surface area contributed by atoms with Crippen molar-refractivity contribution in [2.75, 3.05) is 13.1 Å². The summed E-state index contributed by atoms with van der Waals surface area (Å²) in [7, 11) is -3.51. The van der Waals surface area contributed by atoms with Crippen LogP contribution in [0.2, 0.25) is 0 Å². The summed E-state index contributed by atoms with van der Waals surface area (Å²) in [6.07, 6.45) is 3.68. The van der Waals surface area contributed by atoms with E-state index in [1.165, 1.54) is 9.87 Å². The third-order valence-corrected chi connectivity index (χ3v) is 8.51. The number of imidazole rings is 1. The third kappa shape index (κ3) is 4.32. The van der Waals surface area contributed by atoms with Crippen molar-refractivity contribution in [1.29, 1.82) is 0 Å². The SMILES string of the molecule is CCN(CC)S(=O)(=O)c1ccc2c(c1)nc(SCc1ccc(-n3cccn3)cc1)n2CC. The predicted molar refractivity (Wildman–Crippen MR) is 129 cm³/mol. The van der Waals surface area contributed by atoms with Crippen LogP contribution in [0.15, 0.2) is 71.0 Å². The van der Waals surface area contributed by atoms with E-state index in [0.717, 1.165) is 28.7 Å². The Morgan fingerprint density at radius 3 is 2.41 bits per heavy atom. The molecule has 9 heteroatoms. The summed E-state index contributed by atoms with van der Waals surface area (Å²) < 4.78 is 31.2. The molecule has 2 aromatic heterocycles. The van der Waals surface area contributed by atoms with Crippen LogP contribution in [0.25, 0.3) is 16.7 Å². The van der Waals surface area contributed by atoms with Crippen LogP contribution in [0.3, 0.4) is 0 Å². The monoisotopic (exact) mass is 469 g/mol. The van der Waals surface area contributed by atoms with E-state index in [1.807, 2.05) is 36.9 Å². The molecule has 32 heavy (non-hydrogen) atoms. The molecule has 0 aliphatic heterocycles. The van der Waals surface area contributed by atoms with Gasteiger partial charge in [0.2, 0.25) is 10.0 Å². The molecule has 0 saturated heterocycles. The number of rotatable bonds is 9. The van der Waals surface area contributed by atoms with Gasteiger partial charge >= 0.3 is 0 Å². The van der Waals surface area contributed by atoms with Crippen LogP contribution >= 0.6 is 11.8 Å². The Morgan fingerprint density at radius 1 is 1.03 bits per heavy atom. The molecule has 0 spiro atoms. The summed E-state index contributed by atoms with van der Waals surface area (Å²) in [6, 6.07) is 15.4. The highest BCUT2D eigenvalue weighted by Gasteiger charge is 2.23. The predicted octanol–water partition coefficient (Wildman–Crippen LogP) is 4.56. The molecule has 0 bridgehead atoms. The maximum atomic E-state index is 12.9. The average molecular weight is 470 g/mol. The van der Waals surface area contributed by atoms with Gasteiger partial charge in [-0.2, -0.15) is 9.40 Å². The Bertz CT molecular complexity index is 1290. The molecule has 0 amide bonds. The summed E-state index contributed by atoms with van der Waals surface area (Å²) in [5.41, 5.74) is 3.86. The van der Waals surface area contributed by atoms with Gasteiger partial charge in [-0.25, -0.2) is 18.1 Å². The van der Waals surface area contributed by atoms with Crippen molar-refractivity contribution in [3.8, 4) is 5.69 Å². The van der Waals surface area contributed by atoms with Crippen molar-refractivity contribution in [3.63, 3.8) is 0 Å². The van der Waals surface area contributed by atoms with Gasteiger partial charge in [-0.1, -0.05) is 37.7 Å². The van der Waals surface area contributed by atoms with E-state index >= 15 is 0 Å². The van der Waals surface area contributed by atoms with Crippen molar-refractivity contribution in [2.24, 2.45) is 0 Å². The normalized spacial score (nSPS) is 12.1. The van der Waals surface area contributed by atoms with E-state index in [0.29, 0.717) is 23.5 Å². The van der Waals surface area contributed by atoms with Crippen molar-refractivity contribution in [3.05, 3.63) is 66.5 Å². The van der Waals surface area contributed by atoms with Crippen molar-refractivity contribution in [2.45, 2.75) is 43.1 Å². The summed E-state index contributed by atoms with van der Waals surface area (Å²) in [5.74, 6) is 0.771. The van der Waals surface area contributed by atoms with E-state index in [1.54, 1.807) is 30.1 Å². The zero-order valence-corrected chi connectivity index (χ0v) is 20.1. The minimum atomic E-state index is -3.51. The molecule has 2 heterocycles. The van der Waals surface area contributed by atoms with Gasteiger partial charge in [0.05, 0.1) is 21.6 Å². The van der Waals surface area contributed by atoms with Gasteiger partial charge in [0, 0.05) is 37.8 Å². The van der Waals surface area contributed by atoms with Crippen LogP contribution in [0.4, 0.5) is 0 Å². The minimum absolute atomic E-state index is 0.292. The number of sulfonamides is 1. The number of aryl methyl sites for hydroxylation is 1. The number of aromatic nitrogens is 4. The number of fused-ring (bicyclic) bond motifs is 1. The molecular formula is C23H27N5O2S2. The second kappa shape index (κ2) is 9.48. The molecule has 0 unspecified atom stereocenters. The lowest BCUT2D eigenvalue weighted by molar-refractivity contribution is 0.445. The molecule has 2 aromatic carbocycles. The highest BCUT2D eigenvalue weighted by Crippen LogP contribution is 2.29. The van der Waals surface area contributed by atoms with E-state index in [2.05, 4.69) is 40.9 Å². The lowest BCUT2D eigenvalue weighted by Gasteiger charge is -2.18. The van der Waals surface area contributed by atoms with Gasteiger partial charge in [-0.15, -0.1) is 0 Å². The molecule has 0 N–H and O–H groups in total. The molecule has 4 aromatic rings. The topological polar surface area (TPSA) is 73.0 Å². The number of thioether (sulfide) groups is 1. The molecule has 7 nitrogen and oxygen atoms in total. The largest absolute Gasteiger partial charge is 0.319 e. The second-order valence-corrected chi connectivity index (χ2v) is 10.2. The first-order chi connectivity index (χ1) is 15.5. The second-order valence-electron chi connectivity index (χ2n) is 7.28. The van der Waals surface area contributed by atoms with Gasteiger partial charge < -0.3 is 4.57 Å². The summed E-state index contributed by atoms with van der Waals surface area (Å²) in [4.78, 5) is 5.06. The van der Waals surface area contributed by atoms with Crippen LogP contribution in [0, 0.1) is 0 Å². The molecule has 0 radical (unpaired) electrons. The molecule has 0 aliphatic rings. The minimum Gasteiger partial charge on any atom is -0.319 e. The van der Waals surface area contributed by atoms with Gasteiger partial charge in [0.1, 0.15) is 0 Å². The van der Waals surface area contributed by atoms with E-state index in [-0.39, 0.29) is 0 Å². The number of nitrogens with zero attached hydrogens (tertiary/aromatic N) is 5. The molecule has 4 rings (SSSR count). The summed E-state index contributed by atoms with van der Waals surface area (Å²) in [6.45, 7) is 7.42. The zero-order valence-electron chi connectivity index (χ0n) is 18.5. The van der Waals surface area contributed by atoms with Gasteiger partial charge in [0.25, 0.3) is 0 Å². The highest BCUT2D eigenvalue weighted by atomic mass is 32.2. The van der Waals surface area contributed by atoms with Crippen LogP contribution in [0.1, 0.15) is 26.3 Å². The Labute approximate surface area is 193 Å². The standard InChI is InChI=1S/C23H27N5O2S2/c1-4-26(5-2)32(29,30)20-12-13-22-21(16-20)25-23(27(22)6-3)31-17-18-8-10-19(11-9-18)28-15-7-14-24-28/h7-16H,4-6,17H2,1-3H3. The average Bonchev–Trinajstić information content (AvgIpc) is 3.46. The molecule has 0 fully saturated rings. The first-order valence-electron chi connectivity index (χ1n) is 10.7. The molecule has 0 atom stereocenters. The van der Waals surface area contributed by atoms with E-state index < -0.39 is 10.0 Å². The van der Waals surface area contributed by atoms with Gasteiger partial charge in [0.15, 0.2) is 5.16 Å².